The van der Waals surface area contributed by atoms with Gasteiger partial charge in [0.1, 0.15) is 11.4 Å². The number of nitrogens with zero attached hydrogens (tertiary/aromatic N) is 2. The van der Waals surface area contributed by atoms with E-state index in [0.717, 1.165) is 25.1 Å². The molecule has 0 bridgehead atoms. The van der Waals surface area contributed by atoms with Crippen LogP contribution in [0.25, 0.3) is 0 Å². The van der Waals surface area contributed by atoms with E-state index >= 15 is 0 Å². The number of ether oxygens (including phenoxy) is 1. The van der Waals surface area contributed by atoms with Crippen LogP contribution in [0.5, 0.6) is 0 Å². The summed E-state index contributed by atoms with van der Waals surface area (Å²) >= 11 is 0. The summed E-state index contributed by atoms with van der Waals surface area (Å²) in [5.41, 5.74) is 2.24. The SMILES string of the molecule is CCOC1(c2nccc(NN)n2)CCCC(C)C1. The molecule has 2 unspecified atom stereocenters. The summed E-state index contributed by atoms with van der Waals surface area (Å²) in [7, 11) is 0. The van der Waals surface area contributed by atoms with Crippen LogP contribution < -0.4 is 11.3 Å². The van der Waals surface area contributed by atoms with E-state index in [9.17, 15) is 0 Å². The normalized spacial score (nSPS) is 28.1. The van der Waals surface area contributed by atoms with Gasteiger partial charge < -0.3 is 10.2 Å². The second-order valence-electron chi connectivity index (χ2n) is 5.04. The average molecular weight is 250 g/mol. The molecule has 1 fully saturated rings. The third-order valence-corrected chi connectivity index (χ3v) is 3.59. The summed E-state index contributed by atoms with van der Waals surface area (Å²) in [5, 5.41) is 0. The molecule has 2 rings (SSSR count). The van der Waals surface area contributed by atoms with E-state index in [-0.39, 0.29) is 5.60 Å². The molecule has 100 valence electrons. The molecule has 0 amide bonds. The molecule has 0 spiro atoms. The summed E-state index contributed by atoms with van der Waals surface area (Å²) in [6.07, 6.45) is 6.11. The summed E-state index contributed by atoms with van der Waals surface area (Å²) in [6.45, 7) is 4.96. The van der Waals surface area contributed by atoms with E-state index in [1.54, 1.807) is 12.3 Å². The molecule has 1 aromatic heterocycles. The molecule has 1 aliphatic rings. The van der Waals surface area contributed by atoms with Crippen molar-refractivity contribution >= 4 is 5.82 Å². The van der Waals surface area contributed by atoms with Gasteiger partial charge in [0.05, 0.1) is 0 Å². The molecule has 18 heavy (non-hydrogen) atoms. The van der Waals surface area contributed by atoms with Crippen molar-refractivity contribution < 1.29 is 4.74 Å². The predicted octanol–water partition coefficient (Wildman–Crippen LogP) is 2.20. The highest BCUT2D eigenvalue weighted by molar-refractivity contribution is 5.31. The molecule has 3 N–H and O–H groups in total. The van der Waals surface area contributed by atoms with Crippen LogP contribution in [0.4, 0.5) is 5.82 Å². The Morgan fingerprint density at radius 3 is 3.11 bits per heavy atom. The van der Waals surface area contributed by atoms with E-state index < -0.39 is 0 Å². The number of nitrogens with one attached hydrogen (secondary N) is 1. The van der Waals surface area contributed by atoms with Gasteiger partial charge in [0.25, 0.3) is 0 Å². The Labute approximate surface area is 108 Å². The number of aromatic nitrogens is 2. The van der Waals surface area contributed by atoms with Crippen molar-refractivity contribution in [2.45, 2.75) is 45.1 Å². The van der Waals surface area contributed by atoms with Gasteiger partial charge in [-0.2, -0.15) is 0 Å². The molecule has 0 saturated heterocycles. The lowest BCUT2D eigenvalue weighted by atomic mass is 9.78. The van der Waals surface area contributed by atoms with Crippen LogP contribution in [0.2, 0.25) is 0 Å². The molecule has 0 radical (unpaired) electrons. The molecule has 0 aliphatic heterocycles. The predicted molar refractivity (Wildman–Crippen MR) is 70.8 cm³/mol. The van der Waals surface area contributed by atoms with Gasteiger partial charge >= 0.3 is 0 Å². The smallest absolute Gasteiger partial charge is 0.162 e. The Morgan fingerprint density at radius 1 is 1.61 bits per heavy atom. The number of hydrazine groups is 1. The van der Waals surface area contributed by atoms with Gasteiger partial charge in [0, 0.05) is 18.9 Å². The van der Waals surface area contributed by atoms with Gasteiger partial charge in [-0.25, -0.2) is 15.8 Å². The molecule has 5 heteroatoms. The van der Waals surface area contributed by atoms with Gasteiger partial charge in [-0.15, -0.1) is 0 Å². The maximum Gasteiger partial charge on any atom is 0.162 e. The van der Waals surface area contributed by atoms with Crippen LogP contribution in [-0.4, -0.2) is 16.6 Å². The first-order valence-electron chi connectivity index (χ1n) is 6.64. The summed E-state index contributed by atoms with van der Waals surface area (Å²) < 4.78 is 6.03. The van der Waals surface area contributed by atoms with E-state index in [2.05, 4.69) is 22.3 Å². The van der Waals surface area contributed by atoms with E-state index in [1.807, 2.05) is 6.92 Å². The van der Waals surface area contributed by atoms with Crippen molar-refractivity contribution in [2.24, 2.45) is 11.8 Å². The van der Waals surface area contributed by atoms with Crippen molar-refractivity contribution in [3.8, 4) is 0 Å². The summed E-state index contributed by atoms with van der Waals surface area (Å²) in [5.74, 6) is 7.45. The zero-order valence-corrected chi connectivity index (χ0v) is 11.1. The van der Waals surface area contributed by atoms with Crippen LogP contribution in [0.15, 0.2) is 12.3 Å². The number of rotatable bonds is 4. The Bertz CT molecular complexity index is 394. The monoisotopic (exact) mass is 250 g/mol. The molecular formula is C13H22N4O. The van der Waals surface area contributed by atoms with Crippen molar-refractivity contribution in [3.05, 3.63) is 18.1 Å². The third-order valence-electron chi connectivity index (χ3n) is 3.59. The Balaban J connectivity index is 2.33. The van der Waals surface area contributed by atoms with E-state index in [1.165, 1.54) is 6.42 Å². The zero-order chi connectivity index (χ0) is 13.0. The first-order valence-corrected chi connectivity index (χ1v) is 6.64. The topological polar surface area (TPSA) is 73.1 Å². The summed E-state index contributed by atoms with van der Waals surface area (Å²) in [4.78, 5) is 8.87. The maximum absolute atomic E-state index is 6.03. The molecule has 1 saturated carbocycles. The molecule has 1 aliphatic carbocycles. The fourth-order valence-corrected chi connectivity index (χ4v) is 2.84. The molecule has 2 atom stereocenters. The van der Waals surface area contributed by atoms with Crippen molar-refractivity contribution in [2.75, 3.05) is 12.0 Å². The number of nitrogens with two attached hydrogens (primary N) is 1. The standard InChI is InChI=1S/C13H22N4O/c1-3-18-13(7-4-5-10(2)9-13)12-15-8-6-11(16-12)17-14/h6,8,10H,3-5,7,9,14H2,1-2H3,(H,15,16,17). The van der Waals surface area contributed by atoms with Crippen LogP contribution in [0.1, 0.15) is 45.4 Å². The molecule has 1 heterocycles. The maximum atomic E-state index is 6.03. The van der Waals surface area contributed by atoms with Crippen molar-refractivity contribution in [1.29, 1.82) is 0 Å². The highest BCUT2D eigenvalue weighted by Crippen LogP contribution is 2.41. The minimum absolute atomic E-state index is 0.334. The lowest BCUT2D eigenvalue weighted by Crippen LogP contribution is -2.37. The zero-order valence-electron chi connectivity index (χ0n) is 11.1. The molecule has 5 nitrogen and oxygen atoms in total. The lowest BCUT2D eigenvalue weighted by Gasteiger charge is -2.38. The quantitative estimate of drug-likeness (QED) is 0.633. The minimum atomic E-state index is -0.334. The van der Waals surface area contributed by atoms with Crippen LogP contribution in [0.3, 0.4) is 0 Å². The molecule has 1 aromatic rings. The molecule has 0 aromatic carbocycles. The second-order valence-corrected chi connectivity index (χ2v) is 5.04. The highest BCUT2D eigenvalue weighted by atomic mass is 16.5. The number of nitrogen functional groups attached to an aromatic ring is 1. The first kappa shape index (κ1) is 13.2. The highest BCUT2D eigenvalue weighted by Gasteiger charge is 2.40. The van der Waals surface area contributed by atoms with Crippen LogP contribution in [-0.2, 0) is 10.3 Å². The fraction of sp³-hybridized carbons (Fsp3) is 0.692. The molecular weight excluding hydrogens is 228 g/mol. The Hall–Kier alpha value is -1.20. The summed E-state index contributed by atoms with van der Waals surface area (Å²) in [6, 6.07) is 1.76. The number of hydrogen-bond acceptors (Lipinski definition) is 5. The average Bonchev–Trinajstić information content (AvgIpc) is 2.39. The van der Waals surface area contributed by atoms with Gasteiger partial charge in [0.2, 0.25) is 0 Å². The van der Waals surface area contributed by atoms with Gasteiger partial charge in [-0.3, -0.25) is 0 Å². The fourth-order valence-electron chi connectivity index (χ4n) is 2.84. The van der Waals surface area contributed by atoms with Gasteiger partial charge in [0.15, 0.2) is 5.82 Å². The number of anilines is 1. The van der Waals surface area contributed by atoms with Crippen LogP contribution in [0, 0.1) is 5.92 Å². The van der Waals surface area contributed by atoms with E-state index in [0.29, 0.717) is 18.3 Å². The second kappa shape index (κ2) is 5.63. The number of hydrogen-bond donors (Lipinski definition) is 2. The van der Waals surface area contributed by atoms with Gasteiger partial charge in [-0.1, -0.05) is 13.3 Å². The van der Waals surface area contributed by atoms with Crippen LogP contribution >= 0.6 is 0 Å². The van der Waals surface area contributed by atoms with Crippen molar-refractivity contribution in [1.82, 2.24) is 9.97 Å². The largest absolute Gasteiger partial charge is 0.367 e. The minimum Gasteiger partial charge on any atom is -0.367 e. The lowest BCUT2D eigenvalue weighted by molar-refractivity contribution is -0.0880. The third kappa shape index (κ3) is 2.62. The Morgan fingerprint density at radius 2 is 2.44 bits per heavy atom. The van der Waals surface area contributed by atoms with Crippen molar-refractivity contribution in [3.63, 3.8) is 0 Å². The van der Waals surface area contributed by atoms with E-state index in [4.69, 9.17) is 10.6 Å². The first-order chi connectivity index (χ1) is 8.70. The van der Waals surface area contributed by atoms with Gasteiger partial charge in [-0.05, 0) is 32.1 Å². The Kier molecular flexibility index (Phi) is 4.14.